The van der Waals surface area contributed by atoms with Gasteiger partial charge in [-0.1, -0.05) is 25.3 Å². The van der Waals surface area contributed by atoms with Crippen LogP contribution in [-0.2, 0) is 14.3 Å². The largest absolute Gasteiger partial charge is 0.366 e. The maximum Gasteiger partial charge on any atom is 0.280 e. The lowest BCUT2D eigenvalue weighted by Crippen LogP contribution is -2.55. The van der Waals surface area contributed by atoms with Crippen LogP contribution in [0.1, 0.15) is 41.9 Å². The molecule has 5 rings (SSSR count). The molecular formula is C23H25ClN4O4S. The summed E-state index contributed by atoms with van der Waals surface area (Å²) >= 11 is 7.66. The van der Waals surface area contributed by atoms with Crippen LogP contribution in [0.5, 0.6) is 0 Å². The first-order valence-corrected chi connectivity index (χ1v) is 12.5. The minimum absolute atomic E-state index is 0.0122. The van der Waals surface area contributed by atoms with Gasteiger partial charge in [-0.05, 0) is 24.8 Å². The maximum absolute atomic E-state index is 13.7. The van der Waals surface area contributed by atoms with E-state index in [1.54, 1.807) is 18.6 Å². The van der Waals surface area contributed by atoms with E-state index in [4.69, 9.17) is 16.3 Å². The number of fused-ring (bicyclic) bond motifs is 1. The Morgan fingerprint density at radius 1 is 1.24 bits per heavy atom. The quantitative estimate of drug-likeness (QED) is 0.649. The number of ether oxygens (including phenoxy) is 1. The van der Waals surface area contributed by atoms with E-state index in [2.05, 4.69) is 15.3 Å². The van der Waals surface area contributed by atoms with Crippen LogP contribution in [0.4, 0.5) is 0 Å². The number of likely N-dealkylation sites (tertiary alicyclic amines) is 1. The molecule has 0 radical (unpaired) electrons. The summed E-state index contributed by atoms with van der Waals surface area (Å²) in [4.78, 5) is 50.0. The van der Waals surface area contributed by atoms with Gasteiger partial charge in [-0.3, -0.25) is 19.4 Å². The number of amides is 2. The lowest BCUT2D eigenvalue weighted by molar-refractivity contribution is -0.139. The second-order valence-electron chi connectivity index (χ2n) is 8.81. The highest BCUT2D eigenvalue weighted by Gasteiger charge is 2.53. The number of halogens is 1. The number of hydrogen-bond donors (Lipinski definition) is 1. The van der Waals surface area contributed by atoms with E-state index in [1.165, 1.54) is 16.2 Å². The number of hydrogen-bond acceptors (Lipinski definition) is 7. The Labute approximate surface area is 200 Å². The summed E-state index contributed by atoms with van der Waals surface area (Å²) in [6.07, 6.45) is 9.43. The fourth-order valence-electron chi connectivity index (χ4n) is 5.08. The molecule has 2 aliphatic heterocycles. The summed E-state index contributed by atoms with van der Waals surface area (Å²) in [5.41, 5.74) is 0.880. The lowest BCUT2D eigenvalue weighted by Gasteiger charge is -2.34. The molecule has 0 aromatic carbocycles. The number of alkyl halides is 1. The summed E-state index contributed by atoms with van der Waals surface area (Å²) in [7, 11) is 0. The maximum atomic E-state index is 13.7. The third-order valence-corrected chi connectivity index (χ3v) is 8.16. The van der Waals surface area contributed by atoms with Crippen LogP contribution in [0.3, 0.4) is 0 Å². The molecule has 4 heterocycles. The van der Waals surface area contributed by atoms with Gasteiger partial charge in [0, 0.05) is 30.7 Å². The second kappa shape index (κ2) is 9.48. The van der Waals surface area contributed by atoms with Gasteiger partial charge in [-0.25, -0.2) is 4.98 Å². The molecule has 3 aliphatic rings. The molecule has 4 atom stereocenters. The molecule has 174 valence electrons. The minimum Gasteiger partial charge on any atom is -0.366 e. The molecule has 4 unspecified atom stereocenters. The highest BCUT2D eigenvalue weighted by Crippen LogP contribution is 2.34. The Morgan fingerprint density at radius 2 is 2.06 bits per heavy atom. The number of ketones is 1. The van der Waals surface area contributed by atoms with Gasteiger partial charge in [0.15, 0.2) is 10.8 Å². The van der Waals surface area contributed by atoms with Gasteiger partial charge in [0.2, 0.25) is 5.91 Å². The Bertz CT molecular complexity index is 1040. The van der Waals surface area contributed by atoms with E-state index in [1.807, 2.05) is 12.1 Å². The van der Waals surface area contributed by atoms with Crippen molar-refractivity contribution < 1.29 is 19.1 Å². The van der Waals surface area contributed by atoms with E-state index in [0.29, 0.717) is 0 Å². The summed E-state index contributed by atoms with van der Waals surface area (Å²) < 4.78 is 5.53. The van der Waals surface area contributed by atoms with Gasteiger partial charge >= 0.3 is 0 Å². The number of carbonyl (C=O) groups is 3. The fraction of sp³-hybridized carbons (Fsp3) is 0.522. The van der Waals surface area contributed by atoms with Crippen molar-refractivity contribution in [2.75, 3.05) is 13.2 Å². The fourth-order valence-corrected chi connectivity index (χ4v) is 6.24. The molecule has 10 heteroatoms. The van der Waals surface area contributed by atoms with Gasteiger partial charge in [-0.15, -0.1) is 22.9 Å². The Hall–Kier alpha value is -2.36. The lowest BCUT2D eigenvalue weighted by atomic mass is 9.83. The second-order valence-corrected chi connectivity index (χ2v) is 10.4. The van der Waals surface area contributed by atoms with E-state index in [-0.39, 0.29) is 41.7 Å². The number of thiazole rings is 1. The van der Waals surface area contributed by atoms with Crippen molar-refractivity contribution in [3.05, 3.63) is 35.7 Å². The number of aromatic nitrogens is 2. The van der Waals surface area contributed by atoms with Gasteiger partial charge < -0.3 is 15.0 Å². The Morgan fingerprint density at radius 3 is 2.82 bits per heavy atom. The van der Waals surface area contributed by atoms with E-state index < -0.39 is 23.6 Å². The van der Waals surface area contributed by atoms with Crippen molar-refractivity contribution in [2.24, 2.45) is 5.92 Å². The zero-order valence-corrected chi connectivity index (χ0v) is 19.6. The monoisotopic (exact) mass is 488 g/mol. The van der Waals surface area contributed by atoms with Gasteiger partial charge in [0.05, 0.1) is 10.3 Å². The van der Waals surface area contributed by atoms with Crippen molar-refractivity contribution in [1.29, 1.82) is 0 Å². The van der Waals surface area contributed by atoms with Crippen LogP contribution in [0.15, 0.2) is 30.7 Å². The van der Waals surface area contributed by atoms with E-state index in [9.17, 15) is 14.4 Å². The number of carbonyl (C=O) groups excluding carboxylic acids is 3. The third kappa shape index (κ3) is 4.41. The molecule has 1 N–H and O–H groups in total. The summed E-state index contributed by atoms with van der Waals surface area (Å²) in [5, 5.41) is 2.81. The zero-order valence-electron chi connectivity index (χ0n) is 18.0. The molecule has 2 aromatic rings. The normalized spacial score (nSPS) is 26.3. The molecule has 0 spiro atoms. The van der Waals surface area contributed by atoms with Crippen LogP contribution in [0, 0.1) is 5.92 Å². The van der Waals surface area contributed by atoms with Crippen molar-refractivity contribution in [3.8, 4) is 10.4 Å². The molecule has 2 saturated heterocycles. The molecule has 3 fully saturated rings. The Kier molecular flexibility index (Phi) is 6.44. The predicted octanol–water partition coefficient (Wildman–Crippen LogP) is 2.67. The topological polar surface area (TPSA) is 101 Å². The number of nitrogens with one attached hydrogen (secondary N) is 1. The third-order valence-electron chi connectivity index (χ3n) is 6.73. The molecule has 0 bridgehead atoms. The summed E-state index contributed by atoms with van der Waals surface area (Å²) in [5.74, 6) is -0.757. The van der Waals surface area contributed by atoms with Crippen LogP contribution in [0.25, 0.3) is 10.4 Å². The first-order chi connectivity index (χ1) is 16.0. The average Bonchev–Trinajstić information content (AvgIpc) is 3.56. The van der Waals surface area contributed by atoms with Crippen molar-refractivity contribution >= 4 is 40.5 Å². The SMILES string of the molecule is O=C(NC(C(=O)N1CC(Cl)C2OCC(=O)C21)C1CCCCC1)c1ncc(-c2cccnc2)s1. The zero-order chi connectivity index (χ0) is 22.9. The highest BCUT2D eigenvalue weighted by atomic mass is 35.5. The van der Waals surface area contributed by atoms with Crippen LogP contribution in [-0.4, -0.2) is 69.2 Å². The number of Topliss-reactive ketones (excluding diaryl/α,β-unsaturated/α-hetero) is 1. The molecular weight excluding hydrogens is 464 g/mol. The number of rotatable bonds is 5. The summed E-state index contributed by atoms with van der Waals surface area (Å²) in [6, 6.07) is 2.34. The summed E-state index contributed by atoms with van der Waals surface area (Å²) in [6.45, 7) is 0.210. The average molecular weight is 489 g/mol. The first kappa shape index (κ1) is 22.4. The van der Waals surface area contributed by atoms with Gasteiger partial charge in [0.1, 0.15) is 24.8 Å². The minimum atomic E-state index is -0.723. The van der Waals surface area contributed by atoms with Crippen LogP contribution < -0.4 is 5.32 Å². The Balaban J connectivity index is 1.37. The molecule has 33 heavy (non-hydrogen) atoms. The van der Waals surface area contributed by atoms with E-state index in [0.717, 1.165) is 42.5 Å². The highest BCUT2D eigenvalue weighted by molar-refractivity contribution is 7.17. The predicted molar refractivity (Wildman–Crippen MR) is 123 cm³/mol. The first-order valence-electron chi connectivity index (χ1n) is 11.3. The molecule has 1 aliphatic carbocycles. The molecule has 2 aromatic heterocycles. The van der Waals surface area contributed by atoms with Crippen LogP contribution >= 0.6 is 22.9 Å². The van der Waals surface area contributed by atoms with Crippen molar-refractivity contribution in [3.63, 3.8) is 0 Å². The standard InChI is InChI=1S/C23H25ClN4O4S/c24-15-11-28(19-16(29)12-32-20(15)19)23(31)18(13-5-2-1-3-6-13)27-21(30)22-26-10-17(33-22)14-7-4-8-25-9-14/h4,7-10,13,15,18-20H,1-3,5-6,11-12H2,(H,27,30). The van der Waals surface area contributed by atoms with Crippen molar-refractivity contribution in [2.45, 2.75) is 55.7 Å². The molecule has 2 amide bonds. The van der Waals surface area contributed by atoms with E-state index >= 15 is 0 Å². The molecule has 8 nitrogen and oxygen atoms in total. The number of nitrogens with zero attached hydrogens (tertiary/aromatic N) is 3. The number of pyridine rings is 1. The van der Waals surface area contributed by atoms with Crippen molar-refractivity contribution in [1.82, 2.24) is 20.2 Å². The smallest absolute Gasteiger partial charge is 0.280 e. The van der Waals surface area contributed by atoms with Crippen LogP contribution in [0.2, 0.25) is 0 Å². The van der Waals surface area contributed by atoms with Gasteiger partial charge in [0.25, 0.3) is 5.91 Å². The molecule has 1 saturated carbocycles. The van der Waals surface area contributed by atoms with Gasteiger partial charge in [-0.2, -0.15) is 0 Å².